The molecule has 0 saturated heterocycles. The maximum atomic E-state index is 13.8. The molecular weight excluding hydrogens is 588 g/mol. The first-order valence-corrected chi connectivity index (χ1v) is 13.7. The molecule has 0 bridgehead atoms. The molecule has 3 heterocycles. The van der Waals surface area contributed by atoms with Crippen molar-refractivity contribution in [3.63, 3.8) is 0 Å². The van der Waals surface area contributed by atoms with Gasteiger partial charge in [0, 0.05) is 35.4 Å². The van der Waals surface area contributed by atoms with Crippen LogP contribution in [0.2, 0.25) is 5.02 Å². The summed E-state index contributed by atoms with van der Waals surface area (Å²) in [5.74, 6) is -0.166. The third-order valence-electron chi connectivity index (χ3n) is 6.59. The minimum Gasteiger partial charge on any atom is -0.463 e. The molecule has 1 atom stereocenters. The minimum absolute atomic E-state index is 0.0796. The molecule has 0 spiro atoms. The fourth-order valence-electron chi connectivity index (χ4n) is 4.62. The van der Waals surface area contributed by atoms with E-state index in [1.165, 1.54) is 34.9 Å². The lowest BCUT2D eigenvalue weighted by atomic mass is 9.94. The van der Waals surface area contributed by atoms with Crippen molar-refractivity contribution >= 4 is 46.4 Å². The van der Waals surface area contributed by atoms with Crippen molar-refractivity contribution in [1.82, 2.24) is 4.57 Å². The molecule has 0 N–H and O–H groups in total. The molecule has 42 heavy (non-hydrogen) atoms. The third-order valence-corrected chi connectivity index (χ3v) is 7.90. The summed E-state index contributed by atoms with van der Waals surface area (Å²) in [6.45, 7) is 4.93. The molecular formula is C28H21ClN4O8S. The quantitative estimate of drug-likeness (QED) is 0.164. The zero-order valence-electron chi connectivity index (χ0n) is 22.3. The molecule has 2 aromatic heterocycles. The van der Waals surface area contributed by atoms with E-state index in [1.54, 1.807) is 45.0 Å². The van der Waals surface area contributed by atoms with E-state index in [9.17, 15) is 29.8 Å². The number of nitro groups is 2. The highest BCUT2D eigenvalue weighted by Crippen LogP contribution is 2.34. The number of rotatable bonds is 7. The van der Waals surface area contributed by atoms with Crippen molar-refractivity contribution in [2.24, 2.45) is 4.99 Å². The maximum Gasteiger partial charge on any atom is 0.338 e. The molecule has 0 amide bonds. The van der Waals surface area contributed by atoms with Crippen LogP contribution in [0.3, 0.4) is 0 Å². The van der Waals surface area contributed by atoms with E-state index in [2.05, 4.69) is 4.99 Å². The van der Waals surface area contributed by atoms with Crippen LogP contribution in [-0.4, -0.2) is 27.0 Å². The van der Waals surface area contributed by atoms with Crippen LogP contribution < -0.4 is 14.9 Å². The lowest BCUT2D eigenvalue weighted by molar-refractivity contribution is -0.385. The van der Waals surface area contributed by atoms with Gasteiger partial charge in [0.15, 0.2) is 4.80 Å². The molecule has 0 saturated carbocycles. The number of thiazole rings is 1. The minimum atomic E-state index is -1.03. The molecule has 2 aromatic carbocycles. The number of allylic oxidation sites excluding steroid dienone is 1. The number of fused-ring (bicyclic) bond motifs is 1. The normalized spacial score (nSPS) is 14.9. The van der Waals surface area contributed by atoms with E-state index < -0.39 is 27.4 Å². The van der Waals surface area contributed by atoms with Gasteiger partial charge in [-0.25, -0.2) is 9.79 Å². The molecule has 214 valence electrons. The lowest BCUT2D eigenvalue weighted by Crippen LogP contribution is -2.40. The summed E-state index contributed by atoms with van der Waals surface area (Å²) in [6.07, 6.45) is 1.48. The van der Waals surface area contributed by atoms with Crippen molar-refractivity contribution in [3.05, 3.63) is 122 Å². The highest BCUT2D eigenvalue weighted by molar-refractivity contribution is 7.07. The van der Waals surface area contributed by atoms with Gasteiger partial charge >= 0.3 is 5.97 Å². The molecule has 0 radical (unpaired) electrons. The number of non-ortho nitro benzene ring substituents is 1. The van der Waals surface area contributed by atoms with Gasteiger partial charge in [-0.05, 0) is 44.5 Å². The first kappa shape index (κ1) is 28.6. The second-order valence-electron chi connectivity index (χ2n) is 9.23. The first-order valence-electron chi connectivity index (χ1n) is 12.5. The van der Waals surface area contributed by atoms with Crippen molar-refractivity contribution in [1.29, 1.82) is 0 Å². The number of aromatic nitrogens is 1. The number of aryl methyl sites for hydroxylation is 1. The second-order valence-corrected chi connectivity index (χ2v) is 10.6. The molecule has 1 aliphatic heterocycles. The molecule has 0 aliphatic carbocycles. The lowest BCUT2D eigenvalue weighted by Gasteiger charge is -2.24. The zero-order chi connectivity index (χ0) is 30.3. The Morgan fingerprint density at radius 3 is 2.60 bits per heavy atom. The molecule has 0 unspecified atom stereocenters. The fourth-order valence-corrected chi connectivity index (χ4v) is 5.86. The summed E-state index contributed by atoms with van der Waals surface area (Å²) in [5.41, 5.74) is 0.657. The number of ether oxygens (including phenoxy) is 1. The predicted molar refractivity (Wildman–Crippen MR) is 154 cm³/mol. The Kier molecular flexibility index (Phi) is 7.63. The standard InChI is InChI=1S/C28H21ClN4O8S/c1-4-40-27(35)24-15(3)30-28-31(25(24)16-6-5-14(2)21(11-16)33(38)39)26(34)23(42-28)13-18-8-10-22(41-18)19-12-17(32(36)37)7-9-20(19)29/h5-13,25H,4H2,1-3H3/b23-13+/t25-/m0/s1. The van der Waals surface area contributed by atoms with Gasteiger partial charge in [0.05, 0.1) is 43.3 Å². The van der Waals surface area contributed by atoms with Crippen LogP contribution in [0, 0.1) is 27.2 Å². The summed E-state index contributed by atoms with van der Waals surface area (Å²) < 4.78 is 12.6. The summed E-state index contributed by atoms with van der Waals surface area (Å²) in [6, 6.07) is 10.6. The van der Waals surface area contributed by atoms with Crippen molar-refractivity contribution in [2.45, 2.75) is 26.8 Å². The van der Waals surface area contributed by atoms with Crippen LogP contribution in [0.25, 0.3) is 17.4 Å². The van der Waals surface area contributed by atoms with Gasteiger partial charge in [-0.3, -0.25) is 29.6 Å². The monoisotopic (exact) mass is 608 g/mol. The predicted octanol–water partition coefficient (Wildman–Crippen LogP) is 4.84. The number of carbonyl (C=O) groups is 1. The van der Waals surface area contributed by atoms with Gasteiger partial charge in [-0.1, -0.05) is 35.1 Å². The smallest absolute Gasteiger partial charge is 0.338 e. The number of carbonyl (C=O) groups excluding carboxylic acids is 1. The van der Waals surface area contributed by atoms with Crippen molar-refractivity contribution < 1.29 is 23.8 Å². The number of esters is 1. The van der Waals surface area contributed by atoms with E-state index >= 15 is 0 Å². The van der Waals surface area contributed by atoms with Gasteiger partial charge in [-0.2, -0.15) is 0 Å². The Hall–Kier alpha value is -4.88. The number of halogens is 1. The molecule has 0 fully saturated rings. The molecule has 14 heteroatoms. The Morgan fingerprint density at radius 1 is 1.14 bits per heavy atom. The van der Waals surface area contributed by atoms with E-state index in [0.29, 0.717) is 22.4 Å². The van der Waals surface area contributed by atoms with Gasteiger partial charge in [-0.15, -0.1) is 0 Å². The van der Waals surface area contributed by atoms with Crippen LogP contribution in [0.1, 0.15) is 36.8 Å². The van der Waals surface area contributed by atoms with Crippen LogP contribution in [0.4, 0.5) is 11.4 Å². The van der Waals surface area contributed by atoms with E-state index in [0.717, 1.165) is 11.3 Å². The number of furan rings is 1. The molecule has 1 aliphatic rings. The van der Waals surface area contributed by atoms with E-state index in [4.69, 9.17) is 20.8 Å². The highest BCUT2D eigenvalue weighted by atomic mass is 35.5. The second kappa shape index (κ2) is 11.2. The molecule has 5 rings (SSSR count). The van der Waals surface area contributed by atoms with Gasteiger partial charge in [0.1, 0.15) is 11.5 Å². The van der Waals surface area contributed by atoms with Gasteiger partial charge in [0.25, 0.3) is 16.9 Å². The topological polar surface area (TPSA) is 160 Å². The first-order chi connectivity index (χ1) is 20.0. The maximum absolute atomic E-state index is 13.8. The van der Waals surface area contributed by atoms with Crippen LogP contribution in [-0.2, 0) is 9.53 Å². The molecule has 4 aromatic rings. The average Bonchev–Trinajstić information content (AvgIpc) is 3.52. The third kappa shape index (κ3) is 5.15. The van der Waals surface area contributed by atoms with E-state index in [1.807, 2.05) is 0 Å². The Labute approximate surface area is 245 Å². The number of nitrogens with zero attached hydrogens (tertiary/aromatic N) is 4. The summed E-state index contributed by atoms with van der Waals surface area (Å²) >= 11 is 7.29. The summed E-state index contributed by atoms with van der Waals surface area (Å²) in [7, 11) is 0. The molecule has 12 nitrogen and oxygen atoms in total. The highest BCUT2D eigenvalue weighted by Gasteiger charge is 2.34. The zero-order valence-corrected chi connectivity index (χ0v) is 23.9. The van der Waals surface area contributed by atoms with Crippen LogP contribution >= 0.6 is 22.9 Å². The van der Waals surface area contributed by atoms with E-state index in [-0.39, 0.29) is 49.4 Å². The fraction of sp³-hybridized carbons (Fsp3) is 0.179. The summed E-state index contributed by atoms with van der Waals surface area (Å²) in [4.78, 5) is 53.5. The van der Waals surface area contributed by atoms with Gasteiger partial charge in [0.2, 0.25) is 0 Å². The van der Waals surface area contributed by atoms with Crippen LogP contribution in [0.15, 0.2) is 74.0 Å². The Balaban J connectivity index is 1.66. The summed E-state index contributed by atoms with van der Waals surface area (Å²) in [5, 5.41) is 23.2. The van der Waals surface area contributed by atoms with Crippen molar-refractivity contribution in [3.8, 4) is 11.3 Å². The average molecular weight is 609 g/mol. The number of hydrogen-bond acceptors (Lipinski definition) is 10. The number of nitro benzene ring substituents is 2. The SMILES string of the molecule is CCOC(=O)C1=C(C)N=c2s/c(=C/c3ccc(-c4cc([N+](=O)[O-])ccc4Cl)o3)c(=O)n2[C@H]1c1ccc(C)c([N+](=O)[O-])c1. The number of benzene rings is 2. The largest absolute Gasteiger partial charge is 0.463 e. The number of hydrogen-bond donors (Lipinski definition) is 0. The Morgan fingerprint density at radius 2 is 1.90 bits per heavy atom. The van der Waals surface area contributed by atoms with Gasteiger partial charge < -0.3 is 9.15 Å². The van der Waals surface area contributed by atoms with Crippen molar-refractivity contribution in [2.75, 3.05) is 6.61 Å². The Bertz CT molecular complexity index is 2010. The van der Waals surface area contributed by atoms with Crippen LogP contribution in [0.5, 0.6) is 0 Å².